The highest BCUT2D eigenvalue weighted by Gasteiger charge is 2.22. The Kier molecular flexibility index (Phi) is 11.7. The van der Waals surface area contributed by atoms with Gasteiger partial charge >= 0.3 is 0 Å². The van der Waals surface area contributed by atoms with E-state index in [4.69, 9.17) is 4.74 Å². The highest BCUT2D eigenvalue weighted by molar-refractivity contribution is 14.0. The summed E-state index contributed by atoms with van der Waals surface area (Å²) in [6.45, 7) is 7.89. The van der Waals surface area contributed by atoms with Crippen LogP contribution in [0.25, 0.3) is 0 Å². The van der Waals surface area contributed by atoms with Crippen LogP contribution in [-0.2, 0) is 14.8 Å². The smallest absolute Gasteiger partial charge is 0.209 e. The third kappa shape index (κ3) is 12.9. The molecule has 0 atom stereocenters. The van der Waals surface area contributed by atoms with Gasteiger partial charge in [0, 0.05) is 32.3 Å². The number of ether oxygens (including phenoxy) is 1. The second kappa shape index (κ2) is 10.6. The van der Waals surface area contributed by atoms with Crippen molar-refractivity contribution in [2.24, 2.45) is 4.99 Å². The van der Waals surface area contributed by atoms with Gasteiger partial charge in [-0.2, -0.15) is 0 Å². The van der Waals surface area contributed by atoms with E-state index in [0.717, 1.165) is 6.26 Å². The average molecular weight is 422 g/mol. The van der Waals surface area contributed by atoms with Crippen LogP contribution in [-0.4, -0.2) is 59.5 Å². The number of rotatable bonds is 8. The van der Waals surface area contributed by atoms with Crippen LogP contribution in [0.2, 0.25) is 0 Å². The third-order valence-electron chi connectivity index (χ3n) is 2.13. The molecule has 122 valence electrons. The SMILES string of the molecule is CCOCCNC(=NC)NCC(C)(C)NS(C)(=O)=O.I. The maximum Gasteiger partial charge on any atom is 0.209 e. The van der Waals surface area contributed by atoms with Gasteiger partial charge in [-0.3, -0.25) is 4.99 Å². The van der Waals surface area contributed by atoms with E-state index in [1.165, 1.54) is 0 Å². The minimum Gasteiger partial charge on any atom is -0.380 e. The van der Waals surface area contributed by atoms with Gasteiger partial charge in [-0.15, -0.1) is 24.0 Å². The topological polar surface area (TPSA) is 91.8 Å². The molecule has 0 aliphatic heterocycles. The maximum atomic E-state index is 11.2. The lowest BCUT2D eigenvalue weighted by Crippen LogP contribution is -2.53. The summed E-state index contributed by atoms with van der Waals surface area (Å²) < 4.78 is 30.2. The lowest BCUT2D eigenvalue weighted by Gasteiger charge is -2.26. The van der Waals surface area contributed by atoms with Gasteiger partial charge in [0.1, 0.15) is 0 Å². The van der Waals surface area contributed by atoms with Gasteiger partial charge in [0.2, 0.25) is 10.0 Å². The summed E-state index contributed by atoms with van der Waals surface area (Å²) in [4.78, 5) is 4.05. The number of sulfonamides is 1. The number of hydrogen-bond donors (Lipinski definition) is 3. The summed E-state index contributed by atoms with van der Waals surface area (Å²) in [5.41, 5.74) is -0.592. The maximum absolute atomic E-state index is 11.2. The molecule has 0 fully saturated rings. The molecular weight excluding hydrogens is 395 g/mol. The Morgan fingerprint density at radius 3 is 2.35 bits per heavy atom. The first-order chi connectivity index (χ1) is 8.70. The van der Waals surface area contributed by atoms with Crippen molar-refractivity contribution >= 4 is 40.0 Å². The number of nitrogens with zero attached hydrogens (tertiary/aromatic N) is 1. The zero-order chi connectivity index (χ0) is 14.9. The number of halogens is 1. The Labute approximate surface area is 139 Å². The van der Waals surface area contributed by atoms with E-state index in [-0.39, 0.29) is 24.0 Å². The van der Waals surface area contributed by atoms with Crippen molar-refractivity contribution in [2.45, 2.75) is 26.3 Å². The Morgan fingerprint density at radius 2 is 1.90 bits per heavy atom. The van der Waals surface area contributed by atoms with E-state index in [1.54, 1.807) is 20.9 Å². The fraction of sp³-hybridized carbons (Fsp3) is 0.909. The molecule has 0 aromatic rings. The molecule has 0 spiro atoms. The molecule has 9 heteroatoms. The average Bonchev–Trinajstić information content (AvgIpc) is 2.25. The number of nitrogens with one attached hydrogen (secondary N) is 3. The summed E-state index contributed by atoms with van der Waals surface area (Å²) in [7, 11) is -1.57. The molecule has 0 aliphatic carbocycles. The van der Waals surface area contributed by atoms with E-state index < -0.39 is 15.6 Å². The van der Waals surface area contributed by atoms with E-state index in [0.29, 0.717) is 32.3 Å². The summed E-state index contributed by atoms with van der Waals surface area (Å²) in [5.74, 6) is 0.614. The second-order valence-electron chi connectivity index (χ2n) is 4.81. The molecular formula is C11H27IN4O3S. The Morgan fingerprint density at radius 1 is 1.30 bits per heavy atom. The summed E-state index contributed by atoms with van der Waals surface area (Å²) in [6.07, 6.45) is 1.14. The number of guanidine groups is 1. The Bertz CT molecular complexity index is 385. The van der Waals surface area contributed by atoms with E-state index in [9.17, 15) is 8.42 Å². The molecule has 7 nitrogen and oxygen atoms in total. The van der Waals surface area contributed by atoms with Gasteiger partial charge in [-0.1, -0.05) is 0 Å². The fourth-order valence-corrected chi connectivity index (χ4v) is 2.53. The van der Waals surface area contributed by atoms with Crippen molar-refractivity contribution in [3.05, 3.63) is 0 Å². The van der Waals surface area contributed by atoms with Crippen LogP contribution < -0.4 is 15.4 Å². The predicted molar refractivity (Wildman–Crippen MR) is 93.3 cm³/mol. The quantitative estimate of drug-likeness (QED) is 0.224. The minimum atomic E-state index is -3.23. The van der Waals surface area contributed by atoms with Gasteiger partial charge in [0.05, 0.1) is 12.9 Å². The second-order valence-corrected chi connectivity index (χ2v) is 6.56. The van der Waals surface area contributed by atoms with Gasteiger partial charge in [-0.05, 0) is 20.8 Å². The lowest BCUT2D eigenvalue weighted by atomic mass is 10.1. The van der Waals surface area contributed by atoms with Crippen molar-refractivity contribution in [1.29, 1.82) is 0 Å². The first-order valence-electron chi connectivity index (χ1n) is 6.21. The molecule has 0 aromatic heterocycles. The lowest BCUT2D eigenvalue weighted by molar-refractivity contribution is 0.152. The normalized spacial score (nSPS) is 12.8. The molecule has 0 amide bonds. The monoisotopic (exact) mass is 422 g/mol. The van der Waals surface area contributed by atoms with Crippen LogP contribution in [0, 0.1) is 0 Å². The molecule has 0 heterocycles. The Hall–Kier alpha value is -0.130. The summed E-state index contributed by atoms with van der Waals surface area (Å²) in [6, 6.07) is 0. The molecule has 0 aromatic carbocycles. The third-order valence-corrected chi connectivity index (χ3v) is 3.05. The standard InChI is InChI=1S/C11H26N4O3S.HI/c1-6-18-8-7-13-10(12-4)14-9-11(2,3)15-19(5,16)17;/h15H,6-9H2,1-5H3,(H2,12,13,14);1H. The molecule has 0 saturated carbocycles. The largest absolute Gasteiger partial charge is 0.380 e. The van der Waals surface area contributed by atoms with Crippen LogP contribution >= 0.6 is 24.0 Å². The molecule has 0 radical (unpaired) electrons. The van der Waals surface area contributed by atoms with Crippen molar-refractivity contribution in [1.82, 2.24) is 15.4 Å². The highest BCUT2D eigenvalue weighted by Crippen LogP contribution is 2.01. The first kappa shape index (κ1) is 22.2. The molecule has 0 bridgehead atoms. The van der Waals surface area contributed by atoms with Gasteiger partial charge in [0.25, 0.3) is 0 Å². The number of hydrogen-bond acceptors (Lipinski definition) is 4. The van der Waals surface area contributed by atoms with Gasteiger partial charge in [0.15, 0.2) is 5.96 Å². The van der Waals surface area contributed by atoms with Crippen molar-refractivity contribution in [2.75, 3.05) is 39.6 Å². The van der Waals surface area contributed by atoms with Gasteiger partial charge < -0.3 is 15.4 Å². The first-order valence-corrected chi connectivity index (χ1v) is 8.10. The van der Waals surface area contributed by atoms with Gasteiger partial charge in [-0.25, -0.2) is 13.1 Å². The molecule has 0 unspecified atom stereocenters. The van der Waals surface area contributed by atoms with Crippen LogP contribution in [0.15, 0.2) is 4.99 Å². The van der Waals surface area contributed by atoms with Crippen molar-refractivity contribution in [3.63, 3.8) is 0 Å². The van der Waals surface area contributed by atoms with Crippen LogP contribution in [0.4, 0.5) is 0 Å². The van der Waals surface area contributed by atoms with Crippen LogP contribution in [0.5, 0.6) is 0 Å². The zero-order valence-corrected chi connectivity index (χ0v) is 16.0. The van der Waals surface area contributed by atoms with Crippen molar-refractivity contribution in [3.8, 4) is 0 Å². The molecule has 20 heavy (non-hydrogen) atoms. The molecule has 3 N–H and O–H groups in total. The minimum absolute atomic E-state index is 0. The number of aliphatic imine (C=N–C) groups is 1. The Balaban J connectivity index is 0. The van der Waals surface area contributed by atoms with E-state index >= 15 is 0 Å². The van der Waals surface area contributed by atoms with Crippen molar-refractivity contribution < 1.29 is 13.2 Å². The fourth-order valence-electron chi connectivity index (χ4n) is 1.45. The van der Waals surface area contributed by atoms with E-state index in [2.05, 4.69) is 20.3 Å². The summed E-state index contributed by atoms with van der Waals surface area (Å²) in [5, 5.41) is 6.14. The highest BCUT2D eigenvalue weighted by atomic mass is 127. The predicted octanol–water partition coefficient (Wildman–Crippen LogP) is 0.134. The molecule has 0 rings (SSSR count). The van der Waals surface area contributed by atoms with Crippen LogP contribution in [0.1, 0.15) is 20.8 Å². The van der Waals surface area contributed by atoms with Crippen LogP contribution in [0.3, 0.4) is 0 Å². The zero-order valence-electron chi connectivity index (χ0n) is 12.8. The summed E-state index contributed by atoms with van der Waals surface area (Å²) >= 11 is 0. The molecule has 0 saturated heterocycles. The molecule has 0 aliphatic rings. The van der Waals surface area contributed by atoms with E-state index in [1.807, 2.05) is 6.92 Å².